The largest absolute Gasteiger partial charge is 0.468 e. The molecule has 0 aromatic carbocycles. The van der Waals surface area contributed by atoms with Crippen LogP contribution < -0.4 is 0 Å². The van der Waals surface area contributed by atoms with Crippen molar-refractivity contribution in [2.75, 3.05) is 0 Å². The molecule has 0 atom stereocenters. The van der Waals surface area contributed by atoms with Crippen molar-refractivity contribution in [3.63, 3.8) is 0 Å². The normalized spacial score (nSPS) is 15.6. The molecule has 1 aliphatic carbocycles. The smallest absolute Gasteiger partial charge is 0.246 e. The Hall–Kier alpha value is -1.08. The maximum absolute atomic E-state index is 12.8. The molecule has 0 N–H and O–H groups in total. The molecule has 0 radical (unpaired) electrons. The van der Waals surface area contributed by atoms with E-state index in [1.54, 1.807) is 12.1 Å². The molecule has 5 nitrogen and oxygen atoms in total. The quantitative estimate of drug-likeness (QED) is 0.779. The molecule has 0 aliphatic heterocycles. The lowest BCUT2D eigenvalue weighted by Gasteiger charge is -2.21. The van der Waals surface area contributed by atoms with Crippen LogP contribution in [0.3, 0.4) is 0 Å². The van der Waals surface area contributed by atoms with Gasteiger partial charge < -0.3 is 4.42 Å². The molecule has 112 valence electrons. The first-order valence-corrected chi connectivity index (χ1v) is 8.54. The molecule has 0 amide bonds. The number of hydrogen-bond acceptors (Lipinski definition) is 4. The van der Waals surface area contributed by atoms with Crippen molar-refractivity contribution in [2.24, 2.45) is 0 Å². The maximum Gasteiger partial charge on any atom is 0.246 e. The molecule has 2 aromatic rings. The van der Waals surface area contributed by atoms with Crippen molar-refractivity contribution >= 4 is 33.2 Å². The average molecular weight is 347 g/mol. The van der Waals surface area contributed by atoms with Crippen molar-refractivity contribution < 1.29 is 12.8 Å². The number of furan rings is 1. The van der Waals surface area contributed by atoms with Crippen molar-refractivity contribution in [3.8, 4) is 0 Å². The number of rotatable bonds is 5. The van der Waals surface area contributed by atoms with Crippen molar-refractivity contribution in [2.45, 2.75) is 30.3 Å². The van der Waals surface area contributed by atoms with Crippen LogP contribution in [0.2, 0.25) is 10.3 Å². The summed E-state index contributed by atoms with van der Waals surface area (Å²) in [5.41, 5.74) is 0. The van der Waals surface area contributed by atoms with E-state index in [1.807, 2.05) is 0 Å². The van der Waals surface area contributed by atoms with E-state index in [9.17, 15) is 8.42 Å². The number of halogens is 2. The summed E-state index contributed by atoms with van der Waals surface area (Å²) in [6.07, 6.45) is 3.18. The molecule has 2 heterocycles. The number of sulfonamides is 1. The number of hydrogen-bond donors (Lipinski definition) is 0. The number of nitrogens with zero attached hydrogens (tertiary/aromatic N) is 2. The SMILES string of the molecule is O=S(=O)(c1ccc(Cl)nc1Cl)N(Cc1ccco1)C1CC1. The van der Waals surface area contributed by atoms with Gasteiger partial charge in [0.25, 0.3) is 0 Å². The monoisotopic (exact) mass is 346 g/mol. The molecule has 8 heteroatoms. The first kappa shape index (κ1) is 14.8. The third-order valence-corrected chi connectivity index (χ3v) is 5.75. The van der Waals surface area contributed by atoms with Crippen LogP contribution in [-0.4, -0.2) is 23.7 Å². The van der Waals surface area contributed by atoms with Crippen molar-refractivity contribution in [3.05, 3.63) is 46.6 Å². The second kappa shape index (κ2) is 5.61. The molecule has 2 aromatic heterocycles. The lowest BCUT2D eigenvalue weighted by molar-refractivity contribution is 0.356. The zero-order valence-electron chi connectivity index (χ0n) is 10.9. The van der Waals surface area contributed by atoms with Gasteiger partial charge in [0.15, 0.2) is 5.15 Å². The van der Waals surface area contributed by atoms with Gasteiger partial charge in [0.05, 0.1) is 12.8 Å². The molecule has 0 saturated heterocycles. The third kappa shape index (κ3) is 3.08. The van der Waals surface area contributed by atoms with E-state index < -0.39 is 10.0 Å². The van der Waals surface area contributed by atoms with E-state index in [-0.39, 0.29) is 27.8 Å². The van der Waals surface area contributed by atoms with Gasteiger partial charge in [0.1, 0.15) is 15.8 Å². The molecule has 1 saturated carbocycles. The zero-order chi connectivity index (χ0) is 15.0. The minimum absolute atomic E-state index is 0.0214. The molecule has 0 spiro atoms. The highest BCUT2D eigenvalue weighted by molar-refractivity contribution is 7.89. The van der Waals surface area contributed by atoms with Crippen LogP contribution in [-0.2, 0) is 16.6 Å². The molecule has 0 bridgehead atoms. The van der Waals surface area contributed by atoms with Gasteiger partial charge in [-0.15, -0.1) is 0 Å². The molecule has 3 rings (SSSR count). The summed E-state index contributed by atoms with van der Waals surface area (Å²) in [5.74, 6) is 0.587. The summed E-state index contributed by atoms with van der Waals surface area (Å²) in [7, 11) is -3.74. The fraction of sp³-hybridized carbons (Fsp3) is 0.308. The topological polar surface area (TPSA) is 63.4 Å². The summed E-state index contributed by atoms with van der Waals surface area (Å²) in [5, 5.41) is 0.0375. The highest BCUT2D eigenvalue weighted by Gasteiger charge is 2.39. The fourth-order valence-electron chi connectivity index (χ4n) is 2.05. The standard InChI is InChI=1S/C13H12Cl2N2O3S/c14-12-6-5-11(13(15)16-12)21(18,19)17(9-3-4-9)8-10-2-1-7-20-10/h1-2,5-7,9H,3-4,8H2. The van der Waals surface area contributed by atoms with Crippen LogP contribution in [0.4, 0.5) is 0 Å². The summed E-state index contributed by atoms with van der Waals surface area (Å²) < 4.78 is 32.2. The molecule has 21 heavy (non-hydrogen) atoms. The van der Waals surface area contributed by atoms with Gasteiger partial charge in [-0.3, -0.25) is 0 Å². The zero-order valence-corrected chi connectivity index (χ0v) is 13.2. The van der Waals surface area contributed by atoms with Crippen molar-refractivity contribution in [1.29, 1.82) is 0 Å². The first-order chi connectivity index (χ1) is 9.98. The highest BCUT2D eigenvalue weighted by atomic mass is 35.5. The van der Waals surface area contributed by atoms with E-state index in [1.165, 1.54) is 22.7 Å². The van der Waals surface area contributed by atoms with E-state index in [4.69, 9.17) is 27.6 Å². The van der Waals surface area contributed by atoms with Crippen molar-refractivity contribution in [1.82, 2.24) is 9.29 Å². The Labute approximate surface area is 132 Å². The number of aromatic nitrogens is 1. The van der Waals surface area contributed by atoms with E-state index in [0.717, 1.165) is 12.8 Å². The molecule has 1 aliphatic rings. The van der Waals surface area contributed by atoms with Crippen LogP contribution in [0.1, 0.15) is 18.6 Å². The highest BCUT2D eigenvalue weighted by Crippen LogP contribution is 2.35. The average Bonchev–Trinajstić information content (AvgIpc) is 3.11. The summed E-state index contributed by atoms with van der Waals surface area (Å²) >= 11 is 11.7. The van der Waals surface area contributed by atoms with Gasteiger partial charge in [-0.2, -0.15) is 4.31 Å². The summed E-state index contributed by atoms with van der Waals surface area (Å²) in [6.45, 7) is 0.180. The first-order valence-electron chi connectivity index (χ1n) is 6.35. The van der Waals surface area contributed by atoms with Crippen LogP contribution in [0.15, 0.2) is 39.8 Å². The summed E-state index contributed by atoms with van der Waals surface area (Å²) in [4.78, 5) is 3.77. The molecular formula is C13H12Cl2N2O3S. The second-order valence-corrected chi connectivity index (χ2v) is 7.39. The lowest BCUT2D eigenvalue weighted by Crippen LogP contribution is -2.32. The Morgan fingerprint density at radius 3 is 2.62 bits per heavy atom. The van der Waals surface area contributed by atoms with Crippen LogP contribution in [0.25, 0.3) is 0 Å². The Kier molecular flexibility index (Phi) is 3.96. The van der Waals surface area contributed by atoms with Gasteiger partial charge in [-0.1, -0.05) is 23.2 Å². The van der Waals surface area contributed by atoms with Crippen LogP contribution in [0, 0.1) is 0 Å². The Morgan fingerprint density at radius 1 is 1.29 bits per heavy atom. The van der Waals surface area contributed by atoms with Gasteiger partial charge in [0.2, 0.25) is 10.0 Å². The van der Waals surface area contributed by atoms with E-state index in [0.29, 0.717) is 5.76 Å². The van der Waals surface area contributed by atoms with E-state index in [2.05, 4.69) is 4.98 Å². The van der Waals surface area contributed by atoms with Crippen LogP contribution >= 0.6 is 23.2 Å². The molecular weight excluding hydrogens is 335 g/mol. The number of pyridine rings is 1. The predicted octanol–water partition coefficient (Wildman–Crippen LogP) is 3.33. The Bertz CT molecular complexity index is 743. The van der Waals surface area contributed by atoms with Gasteiger partial charge in [0, 0.05) is 6.04 Å². The molecule has 0 unspecified atom stereocenters. The summed E-state index contributed by atoms with van der Waals surface area (Å²) in [6, 6.07) is 6.24. The van der Waals surface area contributed by atoms with Gasteiger partial charge in [-0.05, 0) is 37.1 Å². The third-order valence-electron chi connectivity index (χ3n) is 3.21. The lowest BCUT2D eigenvalue weighted by atomic mass is 10.4. The molecule has 1 fully saturated rings. The minimum Gasteiger partial charge on any atom is -0.468 e. The van der Waals surface area contributed by atoms with Crippen LogP contribution in [0.5, 0.6) is 0 Å². The second-order valence-electron chi connectivity index (χ2n) is 4.78. The van der Waals surface area contributed by atoms with Gasteiger partial charge in [-0.25, -0.2) is 13.4 Å². The predicted molar refractivity (Wildman–Crippen MR) is 78.7 cm³/mol. The van der Waals surface area contributed by atoms with E-state index >= 15 is 0 Å². The maximum atomic E-state index is 12.8. The minimum atomic E-state index is -3.74. The Balaban J connectivity index is 1.97. The fourth-order valence-corrected chi connectivity index (χ4v) is 4.34. The van der Waals surface area contributed by atoms with Gasteiger partial charge >= 0.3 is 0 Å². The Morgan fingerprint density at radius 2 is 2.05 bits per heavy atom.